The number of carbonyl (C=O) groups excluding carboxylic acids is 1. The van der Waals surface area contributed by atoms with Gasteiger partial charge in [-0.2, -0.15) is 5.10 Å². The largest absolute Gasteiger partial charge is 0.464 e. The minimum Gasteiger partial charge on any atom is -0.464 e. The van der Waals surface area contributed by atoms with Crippen LogP contribution in [0, 0.1) is 13.8 Å². The number of aromatic nitrogens is 2. The van der Waals surface area contributed by atoms with Gasteiger partial charge in [0.2, 0.25) is 0 Å². The van der Waals surface area contributed by atoms with Gasteiger partial charge in [0, 0.05) is 19.5 Å². The minimum absolute atomic E-state index is 0.149. The van der Waals surface area contributed by atoms with Crippen LogP contribution < -0.4 is 5.32 Å². The molecule has 0 aromatic carbocycles. The Balaban J connectivity index is 1.80. The van der Waals surface area contributed by atoms with Crippen LogP contribution in [0.25, 0.3) is 0 Å². The number of morpholine rings is 1. The molecule has 1 atom stereocenters. The average molecular weight is 346 g/mol. The molecule has 1 saturated heterocycles. The van der Waals surface area contributed by atoms with E-state index < -0.39 is 0 Å². The van der Waals surface area contributed by atoms with Crippen LogP contribution in [0.3, 0.4) is 0 Å². The molecule has 0 bridgehead atoms. The van der Waals surface area contributed by atoms with Gasteiger partial charge in [-0.05, 0) is 32.9 Å². The average Bonchev–Trinajstić information content (AvgIpc) is 3.21. The first-order valence-electron chi connectivity index (χ1n) is 8.83. The Bertz CT molecular complexity index is 750. The topological polar surface area (TPSA) is 72.5 Å². The van der Waals surface area contributed by atoms with E-state index in [0.29, 0.717) is 19.8 Å². The van der Waals surface area contributed by atoms with E-state index in [-0.39, 0.29) is 12.1 Å². The molecule has 1 fully saturated rings. The third-order valence-electron chi connectivity index (χ3n) is 4.66. The first-order chi connectivity index (χ1) is 12.0. The van der Waals surface area contributed by atoms with Crippen molar-refractivity contribution in [3.63, 3.8) is 0 Å². The molecule has 2 amide bonds. The Morgan fingerprint density at radius 2 is 2.16 bits per heavy atom. The van der Waals surface area contributed by atoms with E-state index in [1.165, 1.54) is 0 Å². The number of nitrogens with one attached hydrogen (secondary N) is 1. The summed E-state index contributed by atoms with van der Waals surface area (Å²) in [7, 11) is 0. The van der Waals surface area contributed by atoms with Gasteiger partial charge in [0.1, 0.15) is 17.6 Å². The zero-order valence-electron chi connectivity index (χ0n) is 15.3. The molecule has 3 rings (SSSR count). The molecule has 1 aliphatic rings. The molecule has 136 valence electrons. The molecule has 0 aliphatic carbocycles. The lowest BCUT2D eigenvalue weighted by Crippen LogP contribution is -2.45. The highest BCUT2D eigenvalue weighted by Crippen LogP contribution is 2.28. The second-order valence-electron chi connectivity index (χ2n) is 6.23. The van der Waals surface area contributed by atoms with Crippen LogP contribution in [0.4, 0.5) is 10.5 Å². The number of ether oxygens (including phenoxy) is 1. The highest BCUT2D eigenvalue weighted by Gasteiger charge is 2.31. The maximum Gasteiger partial charge on any atom is 0.322 e. The van der Waals surface area contributed by atoms with Crippen LogP contribution in [0.5, 0.6) is 0 Å². The molecule has 0 radical (unpaired) electrons. The van der Waals surface area contributed by atoms with E-state index in [9.17, 15) is 4.79 Å². The standard InChI is InChI=1S/C18H26N4O3/c1-5-14-7-8-16(25-14)15-11-24-10-9-21(15)18(23)19-17-12(3)20-22(6-2)13(17)4/h7-8,15H,5-6,9-11H2,1-4H3,(H,19,23)/t15-/m0/s1. The fourth-order valence-corrected chi connectivity index (χ4v) is 3.21. The lowest BCUT2D eigenvalue weighted by molar-refractivity contribution is 0.00701. The Labute approximate surface area is 147 Å². The van der Waals surface area contributed by atoms with E-state index in [4.69, 9.17) is 9.15 Å². The van der Waals surface area contributed by atoms with Gasteiger partial charge in [-0.3, -0.25) is 4.68 Å². The Morgan fingerprint density at radius 1 is 1.36 bits per heavy atom. The second-order valence-corrected chi connectivity index (χ2v) is 6.23. The molecule has 0 spiro atoms. The van der Waals surface area contributed by atoms with Gasteiger partial charge >= 0.3 is 6.03 Å². The molecule has 7 nitrogen and oxygen atoms in total. The minimum atomic E-state index is -0.212. The van der Waals surface area contributed by atoms with Gasteiger partial charge in [-0.1, -0.05) is 6.92 Å². The monoisotopic (exact) mass is 346 g/mol. The highest BCUT2D eigenvalue weighted by atomic mass is 16.5. The van der Waals surface area contributed by atoms with Crippen molar-refractivity contribution < 1.29 is 13.9 Å². The van der Waals surface area contributed by atoms with Gasteiger partial charge in [0.25, 0.3) is 0 Å². The third-order valence-corrected chi connectivity index (χ3v) is 4.66. The van der Waals surface area contributed by atoms with Crippen LogP contribution >= 0.6 is 0 Å². The number of aryl methyl sites for hydroxylation is 3. The Morgan fingerprint density at radius 3 is 2.80 bits per heavy atom. The number of carbonyl (C=O) groups is 1. The zero-order valence-corrected chi connectivity index (χ0v) is 15.3. The molecule has 1 aliphatic heterocycles. The number of amides is 2. The maximum atomic E-state index is 12.9. The number of rotatable bonds is 4. The fourth-order valence-electron chi connectivity index (χ4n) is 3.21. The van der Waals surface area contributed by atoms with Crippen LogP contribution in [0.15, 0.2) is 16.5 Å². The number of hydrogen-bond donors (Lipinski definition) is 1. The van der Waals surface area contributed by atoms with Crippen molar-refractivity contribution in [2.24, 2.45) is 0 Å². The first kappa shape index (κ1) is 17.5. The number of nitrogens with zero attached hydrogens (tertiary/aromatic N) is 3. The third kappa shape index (κ3) is 3.42. The fraction of sp³-hybridized carbons (Fsp3) is 0.556. The molecule has 2 aromatic heterocycles. The van der Waals surface area contributed by atoms with Crippen molar-refractivity contribution in [1.82, 2.24) is 14.7 Å². The zero-order chi connectivity index (χ0) is 18.0. The lowest BCUT2D eigenvalue weighted by Gasteiger charge is -2.34. The SMILES string of the molecule is CCc1ccc([C@@H]2COCCN2C(=O)Nc2c(C)nn(CC)c2C)o1. The van der Waals surface area contributed by atoms with Crippen molar-refractivity contribution in [1.29, 1.82) is 0 Å². The van der Waals surface area contributed by atoms with Crippen LogP contribution in [-0.4, -0.2) is 40.5 Å². The van der Waals surface area contributed by atoms with Gasteiger partial charge in [0.15, 0.2) is 0 Å². The van der Waals surface area contributed by atoms with E-state index in [1.807, 2.05) is 44.5 Å². The normalized spacial score (nSPS) is 17.8. The highest BCUT2D eigenvalue weighted by molar-refractivity contribution is 5.91. The summed E-state index contributed by atoms with van der Waals surface area (Å²) in [6, 6.07) is 3.53. The molecular weight excluding hydrogens is 320 g/mol. The van der Waals surface area contributed by atoms with Crippen molar-refractivity contribution in [2.45, 2.75) is 46.7 Å². The summed E-state index contributed by atoms with van der Waals surface area (Å²) in [5.74, 6) is 1.68. The van der Waals surface area contributed by atoms with E-state index in [1.54, 1.807) is 4.90 Å². The predicted octanol–water partition coefficient (Wildman–Crippen LogP) is 3.28. The number of furan rings is 1. The maximum absolute atomic E-state index is 12.9. The summed E-state index contributed by atoms with van der Waals surface area (Å²) in [4.78, 5) is 14.7. The summed E-state index contributed by atoms with van der Waals surface area (Å²) < 4.78 is 13.3. The molecule has 2 aromatic rings. The summed E-state index contributed by atoms with van der Waals surface area (Å²) in [5, 5.41) is 7.49. The molecule has 0 saturated carbocycles. The summed E-state index contributed by atoms with van der Waals surface area (Å²) in [6.45, 7) is 10.2. The smallest absolute Gasteiger partial charge is 0.322 e. The van der Waals surface area contributed by atoms with Crippen molar-refractivity contribution in [2.75, 3.05) is 25.1 Å². The molecule has 0 unspecified atom stereocenters. The van der Waals surface area contributed by atoms with Gasteiger partial charge in [0.05, 0.1) is 30.3 Å². The van der Waals surface area contributed by atoms with Gasteiger partial charge in [-0.15, -0.1) is 0 Å². The number of anilines is 1. The Kier molecular flexibility index (Phi) is 5.13. The second kappa shape index (κ2) is 7.31. The summed E-state index contributed by atoms with van der Waals surface area (Å²) >= 11 is 0. The first-order valence-corrected chi connectivity index (χ1v) is 8.83. The molecule has 7 heteroatoms. The van der Waals surface area contributed by atoms with Crippen LogP contribution in [0.1, 0.15) is 42.8 Å². The van der Waals surface area contributed by atoms with Crippen LogP contribution in [-0.2, 0) is 17.7 Å². The summed E-state index contributed by atoms with van der Waals surface area (Å²) in [6.07, 6.45) is 0.828. The summed E-state index contributed by atoms with van der Waals surface area (Å²) in [5.41, 5.74) is 2.57. The lowest BCUT2D eigenvalue weighted by atomic mass is 10.2. The van der Waals surface area contributed by atoms with E-state index in [2.05, 4.69) is 10.4 Å². The van der Waals surface area contributed by atoms with Crippen molar-refractivity contribution >= 4 is 11.7 Å². The van der Waals surface area contributed by atoms with Crippen molar-refractivity contribution in [3.8, 4) is 0 Å². The van der Waals surface area contributed by atoms with E-state index in [0.717, 1.165) is 41.6 Å². The van der Waals surface area contributed by atoms with E-state index >= 15 is 0 Å². The quantitative estimate of drug-likeness (QED) is 0.922. The molecule has 1 N–H and O–H groups in total. The van der Waals surface area contributed by atoms with Crippen molar-refractivity contribution in [3.05, 3.63) is 35.0 Å². The Hall–Kier alpha value is -2.28. The van der Waals surface area contributed by atoms with Gasteiger partial charge in [-0.25, -0.2) is 4.79 Å². The molecule has 3 heterocycles. The predicted molar refractivity (Wildman–Crippen MR) is 94.7 cm³/mol. The van der Waals surface area contributed by atoms with Gasteiger partial charge < -0.3 is 19.4 Å². The molecule has 25 heavy (non-hydrogen) atoms. The van der Waals surface area contributed by atoms with Crippen LogP contribution in [0.2, 0.25) is 0 Å². The number of hydrogen-bond acceptors (Lipinski definition) is 4. The molecular formula is C18H26N4O3. The number of urea groups is 1.